The molecular formula is C30H41N3O7. The molecule has 40 heavy (non-hydrogen) atoms. The molecule has 2 aromatic rings. The lowest BCUT2D eigenvalue weighted by Crippen LogP contribution is -2.55. The Labute approximate surface area is 235 Å². The number of hydrogen-bond acceptors (Lipinski definition) is 7. The second kappa shape index (κ2) is 14.0. The normalized spacial score (nSPS) is 15.5. The van der Waals surface area contributed by atoms with Crippen LogP contribution in [0.2, 0.25) is 0 Å². The molecule has 1 fully saturated rings. The summed E-state index contributed by atoms with van der Waals surface area (Å²) in [5.74, 6) is -1.06. The molecule has 3 rings (SSSR count). The Kier molecular flexibility index (Phi) is 10.8. The van der Waals surface area contributed by atoms with E-state index in [-0.39, 0.29) is 30.5 Å². The molecule has 0 aromatic heterocycles. The van der Waals surface area contributed by atoms with Crippen molar-refractivity contribution < 1.29 is 34.4 Å². The lowest BCUT2D eigenvalue weighted by Gasteiger charge is -2.35. The van der Waals surface area contributed by atoms with Gasteiger partial charge in [0.25, 0.3) is 0 Å². The van der Waals surface area contributed by atoms with Crippen LogP contribution in [-0.4, -0.2) is 69.0 Å². The Morgan fingerprint density at radius 3 is 2.27 bits per heavy atom. The summed E-state index contributed by atoms with van der Waals surface area (Å²) in [7, 11) is 0. The standard InChI is InChI=1S/C30H41N3O7/c1-30(2,3)40-29(39)32-25(18-20-12-14-23(35)15-13-20)28(38)33(16-17-34)26(21-8-7-11-24(36)19-21)27(37)31-22-9-5-4-6-10-22/h7-8,11-15,19,22,25-26,34-36H,4-6,9-10,16-18H2,1-3H3,(H,31,37)(H,32,39). The highest BCUT2D eigenvalue weighted by Gasteiger charge is 2.37. The van der Waals surface area contributed by atoms with Crippen LogP contribution in [0.15, 0.2) is 48.5 Å². The highest BCUT2D eigenvalue weighted by Crippen LogP contribution is 2.27. The first-order valence-corrected chi connectivity index (χ1v) is 13.7. The third kappa shape index (κ3) is 9.15. The summed E-state index contributed by atoms with van der Waals surface area (Å²) >= 11 is 0. The molecule has 0 saturated heterocycles. The molecule has 10 heteroatoms. The molecule has 0 bridgehead atoms. The van der Waals surface area contributed by atoms with Crippen molar-refractivity contribution in [2.45, 2.75) is 83.0 Å². The first kappa shape index (κ1) is 30.7. The molecule has 0 heterocycles. The van der Waals surface area contributed by atoms with E-state index in [1.54, 1.807) is 45.0 Å². The molecule has 1 aliphatic carbocycles. The SMILES string of the molecule is CC(C)(C)OC(=O)NC(Cc1ccc(O)cc1)C(=O)N(CCO)C(C(=O)NC1CCCCC1)c1cccc(O)c1. The fourth-order valence-electron chi connectivity index (χ4n) is 4.89. The summed E-state index contributed by atoms with van der Waals surface area (Å²) in [5.41, 5.74) is 0.206. The predicted octanol–water partition coefficient (Wildman–Crippen LogP) is 3.54. The Hall–Kier alpha value is -3.79. The lowest BCUT2D eigenvalue weighted by atomic mass is 9.94. The van der Waals surface area contributed by atoms with E-state index in [4.69, 9.17) is 4.74 Å². The van der Waals surface area contributed by atoms with E-state index in [9.17, 15) is 29.7 Å². The maximum atomic E-state index is 14.2. The molecule has 5 N–H and O–H groups in total. The molecule has 10 nitrogen and oxygen atoms in total. The van der Waals surface area contributed by atoms with Gasteiger partial charge in [-0.1, -0.05) is 43.5 Å². The molecule has 2 atom stereocenters. The summed E-state index contributed by atoms with van der Waals surface area (Å²) in [4.78, 5) is 41.9. The maximum Gasteiger partial charge on any atom is 0.408 e. The molecule has 0 radical (unpaired) electrons. The van der Waals surface area contributed by atoms with E-state index in [0.717, 1.165) is 32.1 Å². The third-order valence-electron chi connectivity index (χ3n) is 6.69. The summed E-state index contributed by atoms with van der Waals surface area (Å²) in [6, 6.07) is 9.94. The Bertz CT molecular complexity index is 1140. The van der Waals surface area contributed by atoms with Crippen LogP contribution in [0.3, 0.4) is 0 Å². The van der Waals surface area contributed by atoms with Crippen LogP contribution in [0.5, 0.6) is 11.5 Å². The van der Waals surface area contributed by atoms with E-state index in [1.165, 1.54) is 29.2 Å². The average Bonchev–Trinajstić information content (AvgIpc) is 2.88. The van der Waals surface area contributed by atoms with Crippen molar-refractivity contribution in [2.24, 2.45) is 0 Å². The van der Waals surface area contributed by atoms with Crippen molar-refractivity contribution in [1.82, 2.24) is 15.5 Å². The number of rotatable bonds is 10. The maximum absolute atomic E-state index is 14.2. The van der Waals surface area contributed by atoms with Crippen LogP contribution in [0, 0.1) is 0 Å². The number of benzene rings is 2. The third-order valence-corrected chi connectivity index (χ3v) is 6.69. The van der Waals surface area contributed by atoms with Gasteiger partial charge in [-0.3, -0.25) is 9.59 Å². The van der Waals surface area contributed by atoms with Crippen LogP contribution < -0.4 is 10.6 Å². The van der Waals surface area contributed by atoms with Crippen molar-refractivity contribution in [3.63, 3.8) is 0 Å². The zero-order valence-corrected chi connectivity index (χ0v) is 23.4. The van der Waals surface area contributed by atoms with Gasteiger partial charge in [0, 0.05) is 19.0 Å². The Morgan fingerprint density at radius 1 is 1.00 bits per heavy atom. The fourth-order valence-corrected chi connectivity index (χ4v) is 4.89. The first-order chi connectivity index (χ1) is 19.0. The van der Waals surface area contributed by atoms with Gasteiger partial charge < -0.3 is 35.6 Å². The van der Waals surface area contributed by atoms with E-state index in [1.807, 2.05) is 0 Å². The molecule has 3 amide bonds. The van der Waals surface area contributed by atoms with E-state index >= 15 is 0 Å². The van der Waals surface area contributed by atoms with Crippen LogP contribution in [-0.2, 0) is 20.7 Å². The second-order valence-corrected chi connectivity index (χ2v) is 11.2. The fraction of sp³-hybridized carbons (Fsp3) is 0.500. The number of nitrogens with one attached hydrogen (secondary N) is 2. The van der Waals surface area contributed by atoms with E-state index in [0.29, 0.717) is 11.1 Å². The molecule has 1 aliphatic rings. The predicted molar refractivity (Wildman–Crippen MR) is 150 cm³/mol. The summed E-state index contributed by atoms with van der Waals surface area (Å²) in [6.07, 6.45) is 3.98. The molecule has 218 valence electrons. The molecule has 0 aliphatic heterocycles. The van der Waals surface area contributed by atoms with Crippen LogP contribution in [0.25, 0.3) is 0 Å². The quantitative estimate of drug-likeness (QED) is 0.301. The number of ether oxygens (including phenoxy) is 1. The van der Waals surface area contributed by atoms with Gasteiger partial charge in [-0.05, 0) is 69.0 Å². The molecular weight excluding hydrogens is 514 g/mol. The number of alkyl carbamates (subject to hydrolysis) is 1. The first-order valence-electron chi connectivity index (χ1n) is 13.7. The largest absolute Gasteiger partial charge is 0.508 e. The Balaban J connectivity index is 1.98. The zero-order valence-electron chi connectivity index (χ0n) is 23.4. The minimum Gasteiger partial charge on any atom is -0.508 e. The van der Waals surface area contributed by atoms with Crippen molar-refractivity contribution in [2.75, 3.05) is 13.2 Å². The van der Waals surface area contributed by atoms with Crippen LogP contribution in [0.4, 0.5) is 4.79 Å². The van der Waals surface area contributed by atoms with Gasteiger partial charge in [-0.15, -0.1) is 0 Å². The van der Waals surface area contributed by atoms with Gasteiger partial charge in [0.2, 0.25) is 11.8 Å². The number of phenolic OH excluding ortho intramolecular Hbond substituents is 2. The number of amides is 3. The van der Waals surface area contributed by atoms with Crippen molar-refractivity contribution >= 4 is 17.9 Å². The smallest absolute Gasteiger partial charge is 0.408 e. The molecule has 2 unspecified atom stereocenters. The number of nitrogens with zero attached hydrogens (tertiary/aromatic N) is 1. The topological polar surface area (TPSA) is 148 Å². The van der Waals surface area contributed by atoms with E-state index < -0.39 is 42.2 Å². The number of aliphatic hydroxyl groups excluding tert-OH is 1. The van der Waals surface area contributed by atoms with Crippen molar-refractivity contribution in [3.05, 3.63) is 59.7 Å². The minimum absolute atomic E-state index is 0.0390. The van der Waals surface area contributed by atoms with Crippen molar-refractivity contribution in [1.29, 1.82) is 0 Å². The van der Waals surface area contributed by atoms with Gasteiger partial charge in [0.1, 0.15) is 29.2 Å². The van der Waals surface area contributed by atoms with Gasteiger partial charge in [-0.2, -0.15) is 0 Å². The number of aromatic hydroxyl groups is 2. The number of phenols is 2. The van der Waals surface area contributed by atoms with Crippen LogP contribution >= 0.6 is 0 Å². The highest BCUT2D eigenvalue weighted by molar-refractivity contribution is 5.92. The lowest BCUT2D eigenvalue weighted by molar-refractivity contribution is -0.143. The summed E-state index contributed by atoms with van der Waals surface area (Å²) in [5, 5.41) is 35.5. The zero-order chi connectivity index (χ0) is 29.3. The molecule has 1 saturated carbocycles. The van der Waals surface area contributed by atoms with Crippen LogP contribution in [0.1, 0.15) is 70.0 Å². The molecule has 2 aromatic carbocycles. The summed E-state index contributed by atoms with van der Waals surface area (Å²) in [6.45, 7) is 4.48. The van der Waals surface area contributed by atoms with Gasteiger partial charge >= 0.3 is 6.09 Å². The second-order valence-electron chi connectivity index (χ2n) is 11.2. The van der Waals surface area contributed by atoms with E-state index in [2.05, 4.69) is 10.6 Å². The molecule has 0 spiro atoms. The number of carbonyl (C=O) groups excluding carboxylic acids is 3. The van der Waals surface area contributed by atoms with Gasteiger partial charge in [0.15, 0.2) is 0 Å². The van der Waals surface area contributed by atoms with Gasteiger partial charge in [-0.25, -0.2) is 4.79 Å². The summed E-state index contributed by atoms with van der Waals surface area (Å²) < 4.78 is 5.40. The number of carbonyl (C=O) groups is 3. The Morgan fingerprint density at radius 2 is 1.68 bits per heavy atom. The average molecular weight is 556 g/mol. The highest BCUT2D eigenvalue weighted by atomic mass is 16.6. The minimum atomic E-state index is -1.17. The number of aliphatic hydroxyl groups is 1. The van der Waals surface area contributed by atoms with Crippen molar-refractivity contribution in [3.8, 4) is 11.5 Å². The monoisotopic (exact) mass is 555 g/mol. The number of hydrogen-bond donors (Lipinski definition) is 5. The van der Waals surface area contributed by atoms with Gasteiger partial charge in [0.05, 0.1) is 6.61 Å².